The van der Waals surface area contributed by atoms with Crippen molar-refractivity contribution in [1.29, 1.82) is 0 Å². The van der Waals surface area contributed by atoms with Gasteiger partial charge in [0.2, 0.25) is 0 Å². The number of rotatable bonds is 3. The minimum absolute atomic E-state index is 0.0201. The van der Waals surface area contributed by atoms with E-state index in [-0.39, 0.29) is 5.91 Å². The molecule has 2 heterocycles. The maximum atomic E-state index is 12.6. The lowest BCUT2D eigenvalue weighted by Crippen LogP contribution is -2.22. The van der Waals surface area contributed by atoms with Gasteiger partial charge < -0.3 is 4.90 Å². The van der Waals surface area contributed by atoms with Gasteiger partial charge in [0.1, 0.15) is 0 Å². The first-order valence-electron chi connectivity index (χ1n) is 9.87. The van der Waals surface area contributed by atoms with Crippen LogP contribution in [-0.2, 0) is 12.8 Å². The summed E-state index contributed by atoms with van der Waals surface area (Å²) in [5.74, 6) is 0.888. The Balaban J connectivity index is 1.65. The molecule has 2 aliphatic rings. The van der Waals surface area contributed by atoms with Crippen molar-refractivity contribution in [3.05, 3.63) is 59.0 Å². The Morgan fingerprint density at radius 1 is 1.11 bits per heavy atom. The standard InChI is InChI=1S/C22H23N5O/c1-26(2)21(28)18-13-24-27(20(18)15-10-11-15)22-23-12-16-8-5-7-14-6-3-4-9-17(14)19(16)25-22/h3-4,6,9,12-13,15H,5,7-8,10-11H2,1-2H3. The molecular formula is C22H23N5O. The summed E-state index contributed by atoms with van der Waals surface area (Å²) in [6.45, 7) is 0. The molecule has 0 spiro atoms. The quantitative estimate of drug-likeness (QED) is 0.706. The van der Waals surface area contributed by atoms with E-state index in [2.05, 4.69) is 34.3 Å². The third-order valence-corrected chi connectivity index (χ3v) is 5.61. The highest BCUT2D eigenvalue weighted by Gasteiger charge is 2.34. The first-order chi connectivity index (χ1) is 13.6. The summed E-state index contributed by atoms with van der Waals surface area (Å²) < 4.78 is 1.78. The molecule has 1 amide bonds. The predicted molar refractivity (Wildman–Crippen MR) is 107 cm³/mol. The summed E-state index contributed by atoms with van der Waals surface area (Å²) in [4.78, 5) is 23.8. The van der Waals surface area contributed by atoms with Crippen molar-refractivity contribution >= 4 is 5.91 Å². The molecule has 28 heavy (non-hydrogen) atoms. The van der Waals surface area contributed by atoms with E-state index in [1.165, 1.54) is 16.7 Å². The van der Waals surface area contributed by atoms with Gasteiger partial charge in [-0.1, -0.05) is 24.3 Å². The van der Waals surface area contributed by atoms with E-state index in [9.17, 15) is 4.79 Å². The van der Waals surface area contributed by atoms with Gasteiger partial charge in [-0.25, -0.2) is 14.6 Å². The zero-order valence-electron chi connectivity index (χ0n) is 16.2. The second kappa shape index (κ2) is 6.55. The van der Waals surface area contributed by atoms with Crippen LogP contribution in [0.5, 0.6) is 0 Å². The Morgan fingerprint density at radius 2 is 1.89 bits per heavy atom. The molecule has 2 aliphatic carbocycles. The number of fused-ring (bicyclic) bond motifs is 3. The second-order valence-corrected chi connectivity index (χ2v) is 7.88. The molecule has 0 bridgehead atoms. The van der Waals surface area contributed by atoms with E-state index in [0.29, 0.717) is 17.4 Å². The van der Waals surface area contributed by atoms with Crippen LogP contribution in [0, 0.1) is 0 Å². The van der Waals surface area contributed by atoms with Crippen LogP contribution in [0.4, 0.5) is 0 Å². The highest BCUT2D eigenvalue weighted by Crippen LogP contribution is 2.42. The lowest BCUT2D eigenvalue weighted by atomic mass is 10.0. The van der Waals surface area contributed by atoms with Crippen LogP contribution in [0.1, 0.15) is 52.4 Å². The van der Waals surface area contributed by atoms with E-state index in [0.717, 1.165) is 43.5 Å². The smallest absolute Gasteiger partial charge is 0.256 e. The van der Waals surface area contributed by atoms with Crippen molar-refractivity contribution in [3.8, 4) is 17.2 Å². The normalized spacial score (nSPS) is 15.5. The second-order valence-electron chi connectivity index (χ2n) is 7.88. The van der Waals surface area contributed by atoms with Crippen LogP contribution in [0.3, 0.4) is 0 Å². The highest BCUT2D eigenvalue weighted by molar-refractivity contribution is 5.95. The minimum atomic E-state index is -0.0201. The number of benzene rings is 1. The molecule has 0 N–H and O–H groups in total. The van der Waals surface area contributed by atoms with Crippen molar-refractivity contribution in [2.45, 2.75) is 38.0 Å². The summed E-state index contributed by atoms with van der Waals surface area (Å²) in [7, 11) is 3.54. The van der Waals surface area contributed by atoms with Gasteiger partial charge >= 0.3 is 0 Å². The third kappa shape index (κ3) is 2.80. The molecule has 0 saturated heterocycles. The average molecular weight is 373 g/mol. The fourth-order valence-electron chi connectivity index (χ4n) is 4.03. The Labute approximate surface area is 164 Å². The van der Waals surface area contributed by atoms with Crippen molar-refractivity contribution in [2.75, 3.05) is 14.1 Å². The summed E-state index contributed by atoms with van der Waals surface area (Å²) in [5.41, 5.74) is 6.29. The Morgan fingerprint density at radius 3 is 2.68 bits per heavy atom. The fourth-order valence-corrected chi connectivity index (χ4v) is 4.03. The monoisotopic (exact) mass is 373 g/mol. The Bertz CT molecular complexity index is 1060. The van der Waals surface area contributed by atoms with Gasteiger partial charge in [0.15, 0.2) is 0 Å². The summed E-state index contributed by atoms with van der Waals surface area (Å²) in [6.07, 6.45) is 8.88. The maximum absolute atomic E-state index is 12.6. The lowest BCUT2D eigenvalue weighted by molar-refractivity contribution is 0.0826. The van der Waals surface area contributed by atoms with E-state index >= 15 is 0 Å². The lowest BCUT2D eigenvalue weighted by Gasteiger charge is -2.13. The molecule has 0 aliphatic heterocycles. The van der Waals surface area contributed by atoms with Gasteiger partial charge in [0.05, 0.1) is 23.1 Å². The molecule has 0 atom stereocenters. The number of nitrogens with zero attached hydrogens (tertiary/aromatic N) is 5. The maximum Gasteiger partial charge on any atom is 0.256 e. The third-order valence-electron chi connectivity index (χ3n) is 5.61. The molecule has 6 heteroatoms. The highest BCUT2D eigenvalue weighted by atomic mass is 16.2. The molecule has 0 unspecified atom stereocenters. The van der Waals surface area contributed by atoms with Gasteiger partial charge in [-0.3, -0.25) is 4.79 Å². The van der Waals surface area contributed by atoms with Crippen LogP contribution < -0.4 is 0 Å². The van der Waals surface area contributed by atoms with Gasteiger partial charge in [-0.05, 0) is 43.2 Å². The molecule has 5 rings (SSSR count). The average Bonchev–Trinajstić information content (AvgIpc) is 3.48. The first-order valence-corrected chi connectivity index (χ1v) is 9.87. The van der Waals surface area contributed by atoms with Gasteiger partial charge in [-0.2, -0.15) is 5.10 Å². The van der Waals surface area contributed by atoms with Crippen molar-refractivity contribution in [1.82, 2.24) is 24.6 Å². The molecule has 1 aromatic carbocycles. The Kier molecular flexibility index (Phi) is 4.00. The van der Waals surface area contributed by atoms with Crippen LogP contribution in [0.25, 0.3) is 17.2 Å². The number of hydrogen-bond donors (Lipinski definition) is 0. The van der Waals surface area contributed by atoms with E-state index in [1.807, 2.05) is 6.20 Å². The topological polar surface area (TPSA) is 63.9 Å². The number of amides is 1. The van der Waals surface area contributed by atoms with Crippen LogP contribution in [0.15, 0.2) is 36.7 Å². The number of carbonyl (C=O) groups excluding carboxylic acids is 1. The summed E-state index contributed by atoms with van der Waals surface area (Å²) in [5, 5.41) is 4.52. The fraction of sp³-hybridized carbons (Fsp3) is 0.364. The van der Waals surface area contributed by atoms with Crippen molar-refractivity contribution in [3.63, 3.8) is 0 Å². The number of aromatic nitrogens is 4. The van der Waals surface area contributed by atoms with E-state index < -0.39 is 0 Å². The van der Waals surface area contributed by atoms with Crippen LogP contribution in [0.2, 0.25) is 0 Å². The van der Waals surface area contributed by atoms with E-state index in [1.54, 1.807) is 29.9 Å². The van der Waals surface area contributed by atoms with Crippen molar-refractivity contribution in [2.24, 2.45) is 0 Å². The number of aryl methyl sites for hydroxylation is 2. The molecule has 6 nitrogen and oxygen atoms in total. The molecule has 3 aromatic rings. The number of carbonyl (C=O) groups is 1. The summed E-state index contributed by atoms with van der Waals surface area (Å²) >= 11 is 0. The zero-order chi connectivity index (χ0) is 19.3. The molecule has 1 saturated carbocycles. The molecule has 0 radical (unpaired) electrons. The molecule has 142 valence electrons. The van der Waals surface area contributed by atoms with Crippen molar-refractivity contribution < 1.29 is 4.79 Å². The Hall–Kier alpha value is -3.02. The zero-order valence-corrected chi connectivity index (χ0v) is 16.2. The summed E-state index contributed by atoms with van der Waals surface area (Å²) in [6, 6.07) is 8.47. The van der Waals surface area contributed by atoms with Gasteiger partial charge in [0, 0.05) is 31.8 Å². The first kappa shape index (κ1) is 17.1. The minimum Gasteiger partial charge on any atom is -0.345 e. The largest absolute Gasteiger partial charge is 0.345 e. The molecule has 2 aromatic heterocycles. The molecule has 1 fully saturated rings. The SMILES string of the molecule is CN(C)C(=O)c1cnn(-c2ncc3c(n2)-c2ccccc2CCC3)c1C1CC1. The van der Waals surface area contributed by atoms with Gasteiger partial charge in [0.25, 0.3) is 11.9 Å². The van der Waals surface area contributed by atoms with E-state index in [4.69, 9.17) is 4.98 Å². The van der Waals surface area contributed by atoms with Gasteiger partial charge in [-0.15, -0.1) is 0 Å². The number of hydrogen-bond acceptors (Lipinski definition) is 4. The van der Waals surface area contributed by atoms with Crippen LogP contribution in [-0.4, -0.2) is 44.7 Å². The molecular weight excluding hydrogens is 350 g/mol. The van der Waals surface area contributed by atoms with Crippen LogP contribution >= 0.6 is 0 Å². The predicted octanol–water partition coefficient (Wildman–Crippen LogP) is 3.40.